The highest BCUT2D eigenvalue weighted by atomic mass is 16.4. The smallest absolute Gasteiger partial charge is 0.336 e. The summed E-state index contributed by atoms with van der Waals surface area (Å²) in [7, 11) is 0. The first kappa shape index (κ1) is 30.6. The average molecular weight is 589 g/mol. The van der Waals surface area contributed by atoms with Gasteiger partial charge < -0.3 is 15.3 Å². The topological polar surface area (TPSA) is 94.8 Å². The highest BCUT2D eigenvalue weighted by molar-refractivity contribution is 6.02. The number of rotatable bonds is 5. The first-order chi connectivity index (χ1) is 20.1. The van der Waals surface area contributed by atoms with Crippen LogP contribution in [0.1, 0.15) is 126 Å². The molecule has 0 aliphatic heterocycles. The van der Waals surface area contributed by atoms with Gasteiger partial charge in [-0.25, -0.2) is 9.59 Å². The van der Waals surface area contributed by atoms with Gasteiger partial charge in [0.2, 0.25) is 0 Å². The van der Waals surface area contributed by atoms with Crippen molar-refractivity contribution in [2.24, 2.45) is 56.7 Å². The standard InChI is InChI=1S/C38H52O5/c1-22(2)24-12-17-38(21-39)19-18-36(6)28(31(24)38)10-11-30-35(5)15-13-27(34(3,4)29(35)14-16-37(30,36)7)23-8-9-25(32(40)41)26(20-23)33(42)43/h8-9,13,20,24,28-31,39H,1,10-12,14-19,21H2,2-7H3,(H,40,41)(H,42,43)/t24-,28+,29-,30+,31+,35-,36+,37+,38+/m0/s1. The molecule has 0 heterocycles. The van der Waals surface area contributed by atoms with Crippen LogP contribution in [0.2, 0.25) is 0 Å². The number of aliphatic hydroxyl groups is 1. The normalized spacial score (nSPS) is 43.0. The fourth-order valence-electron chi connectivity index (χ4n) is 12.7. The minimum atomic E-state index is -1.21. The van der Waals surface area contributed by atoms with E-state index in [0.29, 0.717) is 36.2 Å². The molecule has 0 saturated heterocycles. The summed E-state index contributed by atoms with van der Waals surface area (Å²) in [5.41, 5.74) is 3.43. The predicted molar refractivity (Wildman–Crippen MR) is 170 cm³/mol. The van der Waals surface area contributed by atoms with E-state index in [9.17, 15) is 24.9 Å². The average Bonchev–Trinajstić information content (AvgIpc) is 3.33. The van der Waals surface area contributed by atoms with E-state index in [1.807, 2.05) is 0 Å². The molecule has 5 nitrogen and oxygen atoms in total. The van der Waals surface area contributed by atoms with Crippen LogP contribution in [-0.4, -0.2) is 33.9 Å². The molecule has 4 fully saturated rings. The Morgan fingerprint density at radius 1 is 0.860 bits per heavy atom. The number of allylic oxidation sites excluding steroid dienone is 3. The Balaban J connectivity index is 1.38. The molecule has 0 aromatic heterocycles. The number of carboxylic acids is 2. The number of benzene rings is 1. The minimum absolute atomic E-state index is 0.0631. The van der Waals surface area contributed by atoms with Gasteiger partial charge in [0.25, 0.3) is 0 Å². The van der Waals surface area contributed by atoms with Crippen molar-refractivity contribution in [2.75, 3.05) is 6.61 Å². The van der Waals surface area contributed by atoms with Gasteiger partial charge in [-0.05, 0) is 145 Å². The van der Waals surface area contributed by atoms with Crippen molar-refractivity contribution in [1.82, 2.24) is 0 Å². The van der Waals surface area contributed by atoms with Crippen molar-refractivity contribution in [3.8, 4) is 0 Å². The van der Waals surface area contributed by atoms with Crippen LogP contribution in [0, 0.1) is 56.7 Å². The lowest BCUT2D eigenvalue weighted by atomic mass is 9.32. The second-order valence-corrected chi connectivity index (χ2v) is 16.6. The highest BCUT2D eigenvalue weighted by Gasteiger charge is 2.70. The van der Waals surface area contributed by atoms with Gasteiger partial charge in [-0.15, -0.1) is 0 Å². The molecule has 4 saturated carbocycles. The molecular formula is C38H52O5. The number of hydrogen-bond donors (Lipinski definition) is 3. The molecule has 0 amide bonds. The van der Waals surface area contributed by atoms with Gasteiger partial charge >= 0.3 is 11.9 Å². The number of fused-ring (bicyclic) bond motifs is 7. The van der Waals surface area contributed by atoms with Gasteiger partial charge in [0.05, 0.1) is 11.1 Å². The molecule has 5 heteroatoms. The number of aromatic carboxylic acids is 2. The van der Waals surface area contributed by atoms with Crippen molar-refractivity contribution < 1.29 is 24.9 Å². The SMILES string of the molecule is C=C(C)[C@@H]1CC[C@]2(CO)CC[C@]3(C)[C@H](CC[C@@H]4[C@@]5(C)CC=C(c6ccc(C(=O)O)c(C(=O)O)c6)C(C)(C)[C@@H]5CC[C@]43C)[C@@H]12. The first-order valence-corrected chi connectivity index (χ1v) is 16.7. The second-order valence-electron chi connectivity index (χ2n) is 16.6. The van der Waals surface area contributed by atoms with E-state index in [-0.39, 0.29) is 38.2 Å². The first-order valence-electron chi connectivity index (χ1n) is 16.7. The summed E-state index contributed by atoms with van der Waals surface area (Å²) in [4.78, 5) is 23.7. The van der Waals surface area contributed by atoms with Gasteiger partial charge in [0.15, 0.2) is 0 Å². The Labute approximate surface area is 257 Å². The summed E-state index contributed by atoms with van der Waals surface area (Å²) >= 11 is 0. The van der Waals surface area contributed by atoms with Gasteiger partial charge in [-0.2, -0.15) is 0 Å². The molecule has 3 N–H and O–H groups in total. The third-order valence-corrected chi connectivity index (χ3v) is 14.9. The van der Waals surface area contributed by atoms with E-state index < -0.39 is 11.9 Å². The fraction of sp³-hybridized carbons (Fsp3) is 0.684. The molecule has 6 rings (SSSR count). The summed E-state index contributed by atoms with van der Waals surface area (Å²) in [5.74, 6) is 0.284. The van der Waals surface area contributed by atoms with E-state index in [1.54, 1.807) is 12.1 Å². The summed E-state index contributed by atoms with van der Waals surface area (Å²) in [6.07, 6.45) is 12.7. The predicted octanol–water partition coefficient (Wildman–Crippen LogP) is 8.73. The van der Waals surface area contributed by atoms with E-state index in [2.05, 4.69) is 54.2 Å². The largest absolute Gasteiger partial charge is 0.478 e. The van der Waals surface area contributed by atoms with Crippen LogP contribution >= 0.6 is 0 Å². The van der Waals surface area contributed by atoms with Crippen LogP contribution in [0.5, 0.6) is 0 Å². The zero-order chi connectivity index (χ0) is 31.3. The van der Waals surface area contributed by atoms with Crippen LogP contribution in [0.25, 0.3) is 5.57 Å². The molecule has 1 aromatic rings. The van der Waals surface area contributed by atoms with Crippen molar-refractivity contribution in [3.63, 3.8) is 0 Å². The number of carbonyl (C=O) groups is 2. The van der Waals surface area contributed by atoms with Crippen molar-refractivity contribution in [2.45, 2.75) is 99.3 Å². The third kappa shape index (κ3) is 3.98. The molecule has 5 aliphatic rings. The summed E-state index contributed by atoms with van der Waals surface area (Å²) in [6, 6.07) is 4.85. The Morgan fingerprint density at radius 3 is 2.19 bits per heavy atom. The lowest BCUT2D eigenvalue weighted by molar-refractivity contribution is -0.228. The summed E-state index contributed by atoms with van der Waals surface area (Å²) < 4.78 is 0. The third-order valence-electron chi connectivity index (χ3n) is 14.9. The molecule has 234 valence electrons. The maximum atomic E-state index is 12.0. The van der Waals surface area contributed by atoms with Crippen LogP contribution in [0.15, 0.2) is 36.4 Å². The lowest BCUT2D eigenvalue weighted by Gasteiger charge is -2.72. The van der Waals surface area contributed by atoms with Crippen molar-refractivity contribution in [3.05, 3.63) is 53.1 Å². The maximum Gasteiger partial charge on any atom is 0.336 e. The Morgan fingerprint density at radius 2 is 1.56 bits per heavy atom. The molecule has 0 radical (unpaired) electrons. The quantitative estimate of drug-likeness (QED) is 0.299. The molecule has 43 heavy (non-hydrogen) atoms. The molecule has 0 unspecified atom stereocenters. The molecule has 0 spiro atoms. The van der Waals surface area contributed by atoms with Gasteiger partial charge in [-0.3, -0.25) is 0 Å². The van der Waals surface area contributed by atoms with Crippen LogP contribution in [0.4, 0.5) is 0 Å². The molecular weight excluding hydrogens is 536 g/mol. The molecule has 1 aromatic carbocycles. The maximum absolute atomic E-state index is 12.0. The van der Waals surface area contributed by atoms with E-state index >= 15 is 0 Å². The lowest BCUT2D eigenvalue weighted by Crippen LogP contribution is -2.65. The highest BCUT2D eigenvalue weighted by Crippen LogP contribution is 2.77. The Hall–Kier alpha value is -2.40. The van der Waals surface area contributed by atoms with Crippen molar-refractivity contribution >= 4 is 17.5 Å². The van der Waals surface area contributed by atoms with Gasteiger partial charge in [0, 0.05) is 6.61 Å². The minimum Gasteiger partial charge on any atom is -0.478 e. The van der Waals surface area contributed by atoms with Crippen LogP contribution in [0.3, 0.4) is 0 Å². The molecule has 5 aliphatic carbocycles. The fourth-order valence-corrected chi connectivity index (χ4v) is 12.7. The van der Waals surface area contributed by atoms with Crippen LogP contribution in [-0.2, 0) is 0 Å². The van der Waals surface area contributed by atoms with Crippen LogP contribution < -0.4 is 0 Å². The number of carboxylic acid groups (broad SMARTS) is 2. The number of hydrogen-bond acceptors (Lipinski definition) is 3. The van der Waals surface area contributed by atoms with E-state index in [1.165, 1.54) is 43.7 Å². The van der Waals surface area contributed by atoms with Gasteiger partial charge in [-0.1, -0.05) is 58.9 Å². The van der Waals surface area contributed by atoms with Crippen molar-refractivity contribution in [1.29, 1.82) is 0 Å². The Kier molecular flexibility index (Phi) is 6.98. The number of aliphatic hydroxyl groups excluding tert-OH is 1. The van der Waals surface area contributed by atoms with Gasteiger partial charge in [0.1, 0.15) is 0 Å². The Bertz CT molecular complexity index is 1400. The summed E-state index contributed by atoms with van der Waals surface area (Å²) in [5, 5.41) is 30.2. The monoisotopic (exact) mass is 588 g/mol. The zero-order valence-corrected chi connectivity index (χ0v) is 27.1. The summed E-state index contributed by atoms with van der Waals surface area (Å²) in [6.45, 7) is 19.4. The molecule has 0 bridgehead atoms. The second kappa shape index (κ2) is 9.80. The van der Waals surface area contributed by atoms with E-state index in [4.69, 9.17) is 0 Å². The molecule has 9 atom stereocenters. The zero-order valence-electron chi connectivity index (χ0n) is 27.1. The van der Waals surface area contributed by atoms with E-state index in [0.717, 1.165) is 36.8 Å².